The second-order valence-corrected chi connectivity index (χ2v) is 5.31. The van der Waals surface area contributed by atoms with Gasteiger partial charge in [-0.3, -0.25) is 4.79 Å². The van der Waals surface area contributed by atoms with Crippen molar-refractivity contribution in [2.75, 3.05) is 5.32 Å². The van der Waals surface area contributed by atoms with Gasteiger partial charge in [0.25, 0.3) is 0 Å². The molecule has 0 aliphatic carbocycles. The molecule has 2 aromatic rings. The number of halogens is 1. The highest BCUT2D eigenvalue weighted by Crippen LogP contribution is 2.11. The van der Waals surface area contributed by atoms with Crippen molar-refractivity contribution in [3.05, 3.63) is 45.9 Å². The summed E-state index contributed by atoms with van der Waals surface area (Å²) in [5.74, 6) is -0.0509. The van der Waals surface area contributed by atoms with Crippen molar-refractivity contribution >= 4 is 35.3 Å². The van der Waals surface area contributed by atoms with Gasteiger partial charge in [-0.1, -0.05) is 12.1 Å². The maximum absolute atomic E-state index is 10.9. The lowest BCUT2D eigenvalue weighted by molar-refractivity contribution is -0.114. The normalized spacial score (nSPS) is 9.90. The van der Waals surface area contributed by atoms with Crippen molar-refractivity contribution in [1.29, 1.82) is 0 Å². The summed E-state index contributed by atoms with van der Waals surface area (Å²) < 4.78 is 0. The molecule has 6 heteroatoms. The highest BCUT2D eigenvalue weighted by Gasteiger charge is 1.99. The SMILES string of the molecule is CC(=O)Nc1ccc(CNCc2nc(C)cs2)cc1.Cl. The van der Waals surface area contributed by atoms with E-state index in [1.807, 2.05) is 31.2 Å². The minimum atomic E-state index is -0.0509. The van der Waals surface area contributed by atoms with Gasteiger partial charge in [-0.05, 0) is 24.6 Å². The van der Waals surface area contributed by atoms with Crippen LogP contribution in [0.3, 0.4) is 0 Å². The van der Waals surface area contributed by atoms with Crippen LogP contribution in [0.1, 0.15) is 23.2 Å². The Balaban J connectivity index is 0.00000200. The second kappa shape index (κ2) is 7.99. The van der Waals surface area contributed by atoms with E-state index in [9.17, 15) is 4.79 Å². The van der Waals surface area contributed by atoms with E-state index in [-0.39, 0.29) is 18.3 Å². The maximum atomic E-state index is 10.9. The van der Waals surface area contributed by atoms with Crippen LogP contribution in [0.5, 0.6) is 0 Å². The largest absolute Gasteiger partial charge is 0.326 e. The third-order valence-corrected chi connectivity index (χ3v) is 3.51. The minimum Gasteiger partial charge on any atom is -0.326 e. The topological polar surface area (TPSA) is 54.0 Å². The first-order valence-electron chi connectivity index (χ1n) is 6.12. The van der Waals surface area contributed by atoms with E-state index < -0.39 is 0 Å². The van der Waals surface area contributed by atoms with E-state index in [4.69, 9.17) is 0 Å². The van der Waals surface area contributed by atoms with Gasteiger partial charge in [-0.25, -0.2) is 4.98 Å². The lowest BCUT2D eigenvalue weighted by Gasteiger charge is -2.05. The van der Waals surface area contributed by atoms with Crippen LogP contribution in [-0.2, 0) is 17.9 Å². The fourth-order valence-corrected chi connectivity index (χ4v) is 2.45. The van der Waals surface area contributed by atoms with Crippen molar-refractivity contribution in [1.82, 2.24) is 10.3 Å². The van der Waals surface area contributed by atoms with Crippen molar-refractivity contribution in [2.24, 2.45) is 0 Å². The first kappa shape index (κ1) is 16.6. The van der Waals surface area contributed by atoms with Crippen LogP contribution in [0.25, 0.3) is 0 Å². The van der Waals surface area contributed by atoms with Crippen molar-refractivity contribution in [3.8, 4) is 0 Å². The number of hydrogen-bond donors (Lipinski definition) is 2. The number of amides is 1. The summed E-state index contributed by atoms with van der Waals surface area (Å²) in [4.78, 5) is 15.3. The third-order valence-electron chi connectivity index (χ3n) is 2.55. The van der Waals surface area contributed by atoms with Crippen LogP contribution < -0.4 is 10.6 Å². The molecule has 0 bridgehead atoms. The monoisotopic (exact) mass is 311 g/mol. The fourth-order valence-electron chi connectivity index (χ4n) is 1.71. The molecule has 0 fully saturated rings. The smallest absolute Gasteiger partial charge is 0.221 e. The number of carbonyl (C=O) groups excluding carboxylic acids is 1. The number of aryl methyl sites for hydroxylation is 1. The number of nitrogens with zero attached hydrogens (tertiary/aromatic N) is 1. The first-order chi connectivity index (χ1) is 9.13. The molecule has 0 radical (unpaired) electrons. The highest BCUT2D eigenvalue weighted by molar-refractivity contribution is 7.09. The molecular formula is C14H18ClN3OS. The van der Waals surface area contributed by atoms with Crippen LogP contribution in [0.15, 0.2) is 29.6 Å². The van der Waals surface area contributed by atoms with Gasteiger partial charge in [0.05, 0.1) is 0 Å². The molecule has 1 aromatic heterocycles. The maximum Gasteiger partial charge on any atom is 0.221 e. The van der Waals surface area contributed by atoms with Crippen LogP contribution >= 0.6 is 23.7 Å². The molecule has 0 aliphatic rings. The summed E-state index contributed by atoms with van der Waals surface area (Å²) in [6.07, 6.45) is 0. The lowest BCUT2D eigenvalue weighted by Crippen LogP contribution is -2.12. The average molecular weight is 312 g/mol. The Labute approximate surface area is 129 Å². The quantitative estimate of drug-likeness (QED) is 0.892. The van der Waals surface area contributed by atoms with Crippen molar-refractivity contribution in [2.45, 2.75) is 26.9 Å². The van der Waals surface area contributed by atoms with Crippen molar-refractivity contribution in [3.63, 3.8) is 0 Å². The zero-order chi connectivity index (χ0) is 13.7. The minimum absolute atomic E-state index is 0. The summed E-state index contributed by atoms with van der Waals surface area (Å²) in [6.45, 7) is 5.08. The van der Waals surface area contributed by atoms with Crippen LogP contribution in [0, 0.1) is 6.92 Å². The molecule has 2 rings (SSSR count). The standard InChI is InChI=1S/C14H17N3OS.ClH/c1-10-9-19-14(16-10)8-15-7-12-3-5-13(6-4-12)17-11(2)18;/h3-6,9,15H,7-8H2,1-2H3,(H,17,18);1H. The van der Waals surface area contributed by atoms with E-state index in [1.54, 1.807) is 11.3 Å². The molecule has 0 aliphatic heterocycles. The Morgan fingerprint density at radius 1 is 1.25 bits per heavy atom. The molecule has 1 heterocycles. The van der Waals surface area contributed by atoms with E-state index in [0.29, 0.717) is 0 Å². The number of aromatic nitrogens is 1. The molecule has 0 atom stereocenters. The fraction of sp³-hybridized carbons (Fsp3) is 0.286. The Morgan fingerprint density at radius 2 is 1.95 bits per heavy atom. The molecule has 0 unspecified atom stereocenters. The Morgan fingerprint density at radius 3 is 2.50 bits per heavy atom. The molecular weight excluding hydrogens is 294 g/mol. The van der Waals surface area contributed by atoms with Crippen LogP contribution in [-0.4, -0.2) is 10.9 Å². The predicted molar refractivity (Wildman–Crippen MR) is 85.4 cm³/mol. The zero-order valence-electron chi connectivity index (χ0n) is 11.5. The Bertz CT molecular complexity index is 554. The lowest BCUT2D eigenvalue weighted by atomic mass is 10.2. The predicted octanol–water partition coefficient (Wildman–Crippen LogP) is 3.12. The molecule has 0 spiro atoms. The number of carbonyl (C=O) groups is 1. The van der Waals surface area contributed by atoms with Crippen molar-refractivity contribution < 1.29 is 4.79 Å². The number of hydrogen-bond acceptors (Lipinski definition) is 4. The summed E-state index contributed by atoms with van der Waals surface area (Å²) in [5, 5.41) is 9.26. The van der Waals surface area contributed by atoms with Gasteiger partial charge in [0, 0.05) is 36.8 Å². The molecule has 0 saturated heterocycles. The summed E-state index contributed by atoms with van der Waals surface area (Å²) in [5.41, 5.74) is 3.08. The van der Waals surface area contributed by atoms with Gasteiger partial charge >= 0.3 is 0 Å². The second-order valence-electron chi connectivity index (χ2n) is 4.36. The van der Waals surface area contributed by atoms with Gasteiger partial charge in [0.15, 0.2) is 0 Å². The summed E-state index contributed by atoms with van der Waals surface area (Å²) >= 11 is 1.67. The van der Waals surface area contributed by atoms with E-state index in [1.165, 1.54) is 12.5 Å². The van der Waals surface area contributed by atoms with Gasteiger partial charge < -0.3 is 10.6 Å². The molecule has 20 heavy (non-hydrogen) atoms. The number of nitrogens with one attached hydrogen (secondary N) is 2. The van der Waals surface area contributed by atoms with Gasteiger partial charge in [0.1, 0.15) is 5.01 Å². The summed E-state index contributed by atoms with van der Waals surface area (Å²) in [7, 11) is 0. The van der Waals surface area contributed by atoms with Gasteiger partial charge in [-0.15, -0.1) is 23.7 Å². The zero-order valence-corrected chi connectivity index (χ0v) is 13.1. The third kappa shape index (κ3) is 5.28. The highest BCUT2D eigenvalue weighted by atomic mass is 35.5. The number of anilines is 1. The van der Waals surface area contributed by atoms with E-state index in [0.717, 1.165) is 29.5 Å². The summed E-state index contributed by atoms with van der Waals surface area (Å²) in [6, 6.07) is 7.83. The molecule has 2 N–H and O–H groups in total. The van der Waals surface area contributed by atoms with Crippen LogP contribution in [0.4, 0.5) is 5.69 Å². The number of benzene rings is 1. The molecule has 108 valence electrons. The van der Waals surface area contributed by atoms with Gasteiger partial charge in [-0.2, -0.15) is 0 Å². The van der Waals surface area contributed by atoms with E-state index in [2.05, 4.69) is 21.0 Å². The number of thiazole rings is 1. The molecule has 1 aromatic carbocycles. The number of rotatable bonds is 5. The molecule has 0 saturated carbocycles. The molecule has 1 amide bonds. The van der Waals surface area contributed by atoms with Crippen LogP contribution in [0.2, 0.25) is 0 Å². The van der Waals surface area contributed by atoms with E-state index >= 15 is 0 Å². The first-order valence-corrected chi connectivity index (χ1v) is 7.00. The molecule has 4 nitrogen and oxygen atoms in total. The Kier molecular flexibility index (Phi) is 6.64. The Hall–Kier alpha value is -1.43. The van der Waals surface area contributed by atoms with Gasteiger partial charge in [0.2, 0.25) is 5.91 Å². The average Bonchev–Trinajstić information content (AvgIpc) is 2.77.